The molecule has 2 atom stereocenters. The van der Waals surface area contributed by atoms with Crippen molar-refractivity contribution in [1.29, 1.82) is 0 Å². The molecule has 0 radical (unpaired) electrons. The molecular formula is C18H20ClNO4. The molecule has 24 heavy (non-hydrogen) atoms. The summed E-state index contributed by atoms with van der Waals surface area (Å²) in [5.74, 6) is -0.630. The van der Waals surface area contributed by atoms with E-state index in [-0.39, 0.29) is 36.6 Å². The highest BCUT2D eigenvalue weighted by Crippen LogP contribution is 2.38. The third kappa shape index (κ3) is 3.31. The number of likely N-dealkylation sites (tertiary alicyclic amines) is 1. The molecule has 6 heteroatoms. The summed E-state index contributed by atoms with van der Waals surface area (Å²) < 4.78 is 5.30. The van der Waals surface area contributed by atoms with E-state index in [1.54, 1.807) is 25.1 Å². The second-order valence-electron chi connectivity index (χ2n) is 6.46. The summed E-state index contributed by atoms with van der Waals surface area (Å²) in [7, 11) is 0. The Morgan fingerprint density at radius 3 is 2.42 bits per heavy atom. The quantitative estimate of drug-likeness (QED) is 0.476. The van der Waals surface area contributed by atoms with Crippen LogP contribution < -0.4 is 4.74 Å². The molecule has 3 rings (SSSR count). The Morgan fingerprint density at radius 2 is 1.83 bits per heavy atom. The number of imide groups is 1. The van der Waals surface area contributed by atoms with Crippen molar-refractivity contribution in [2.24, 2.45) is 11.8 Å². The van der Waals surface area contributed by atoms with Gasteiger partial charge in [-0.2, -0.15) is 0 Å². The van der Waals surface area contributed by atoms with E-state index in [0.717, 1.165) is 31.2 Å². The van der Waals surface area contributed by atoms with Gasteiger partial charge in [0.15, 0.2) is 0 Å². The van der Waals surface area contributed by atoms with E-state index in [2.05, 4.69) is 0 Å². The molecule has 0 aromatic heterocycles. The normalized spacial score (nSPS) is 23.3. The van der Waals surface area contributed by atoms with Crippen molar-refractivity contribution in [3.05, 3.63) is 28.8 Å². The number of esters is 1. The molecule has 1 saturated heterocycles. The summed E-state index contributed by atoms with van der Waals surface area (Å²) in [5, 5.41) is 0.572. The average Bonchev–Trinajstić information content (AvgIpc) is 2.80. The van der Waals surface area contributed by atoms with Crippen LogP contribution >= 0.6 is 11.6 Å². The summed E-state index contributed by atoms with van der Waals surface area (Å²) in [6.07, 6.45) is 3.54. The molecule has 5 nitrogen and oxygen atoms in total. The predicted octanol–water partition coefficient (Wildman–Crippen LogP) is 3.12. The van der Waals surface area contributed by atoms with Crippen LogP contribution in [0.4, 0.5) is 0 Å². The molecule has 0 bridgehead atoms. The lowest BCUT2D eigenvalue weighted by molar-refractivity contribution is -0.141. The van der Waals surface area contributed by atoms with Crippen LogP contribution in [0.2, 0.25) is 5.02 Å². The van der Waals surface area contributed by atoms with Crippen molar-refractivity contribution in [2.75, 3.05) is 6.54 Å². The van der Waals surface area contributed by atoms with Gasteiger partial charge in [-0.05, 0) is 43.5 Å². The molecule has 1 saturated carbocycles. The van der Waals surface area contributed by atoms with E-state index in [1.807, 2.05) is 0 Å². The molecular weight excluding hydrogens is 330 g/mol. The Morgan fingerprint density at radius 1 is 1.21 bits per heavy atom. The van der Waals surface area contributed by atoms with Crippen molar-refractivity contribution in [3.63, 3.8) is 0 Å². The minimum absolute atomic E-state index is 0.00101. The molecule has 1 aliphatic heterocycles. The van der Waals surface area contributed by atoms with Crippen LogP contribution in [0.15, 0.2) is 18.2 Å². The van der Waals surface area contributed by atoms with Gasteiger partial charge in [-0.15, -0.1) is 0 Å². The van der Waals surface area contributed by atoms with Crippen molar-refractivity contribution >= 4 is 29.4 Å². The van der Waals surface area contributed by atoms with Crippen molar-refractivity contribution in [2.45, 2.75) is 39.0 Å². The first-order chi connectivity index (χ1) is 11.5. The first kappa shape index (κ1) is 17.0. The zero-order chi connectivity index (χ0) is 17.3. The second kappa shape index (κ2) is 6.93. The highest BCUT2D eigenvalue weighted by Gasteiger charge is 2.47. The van der Waals surface area contributed by atoms with Gasteiger partial charge in [-0.25, -0.2) is 0 Å². The van der Waals surface area contributed by atoms with E-state index in [9.17, 15) is 14.4 Å². The molecule has 2 fully saturated rings. The van der Waals surface area contributed by atoms with Crippen LogP contribution in [0, 0.1) is 18.8 Å². The highest BCUT2D eigenvalue weighted by atomic mass is 35.5. The van der Waals surface area contributed by atoms with E-state index in [4.69, 9.17) is 16.3 Å². The van der Waals surface area contributed by atoms with Gasteiger partial charge >= 0.3 is 5.97 Å². The number of amides is 2. The maximum Gasteiger partial charge on any atom is 0.313 e. The number of hydrogen-bond acceptors (Lipinski definition) is 4. The SMILES string of the molecule is Cc1cc(Cl)ccc1OC(=O)CCN1C(=O)[C@@H]2CCCC[C@H]2C1=O. The van der Waals surface area contributed by atoms with Gasteiger partial charge in [0.05, 0.1) is 18.3 Å². The fourth-order valence-electron chi connectivity index (χ4n) is 3.56. The molecule has 1 aromatic carbocycles. The van der Waals surface area contributed by atoms with Gasteiger partial charge < -0.3 is 4.74 Å². The summed E-state index contributed by atoms with van der Waals surface area (Å²) >= 11 is 5.87. The number of carbonyl (C=O) groups is 3. The van der Waals surface area contributed by atoms with Crippen LogP contribution in [0.5, 0.6) is 5.75 Å². The number of fused-ring (bicyclic) bond motifs is 1. The molecule has 1 aromatic rings. The maximum atomic E-state index is 12.4. The molecule has 1 aliphatic carbocycles. The zero-order valence-electron chi connectivity index (χ0n) is 13.6. The Bertz CT molecular complexity index is 664. The topological polar surface area (TPSA) is 63.7 Å². The first-order valence-corrected chi connectivity index (χ1v) is 8.67. The standard InChI is InChI=1S/C18H20ClNO4/c1-11-10-12(19)6-7-15(11)24-16(21)8-9-20-17(22)13-4-2-3-5-14(13)18(20)23/h6-7,10,13-14H,2-5,8-9H2,1H3/t13-,14-/m1/s1. The molecule has 2 aliphatic rings. The Balaban J connectivity index is 1.58. The monoisotopic (exact) mass is 349 g/mol. The molecule has 1 heterocycles. The molecule has 0 unspecified atom stereocenters. The minimum Gasteiger partial charge on any atom is -0.426 e. The van der Waals surface area contributed by atoms with Crippen LogP contribution in [-0.4, -0.2) is 29.2 Å². The largest absolute Gasteiger partial charge is 0.426 e. The van der Waals surface area contributed by atoms with E-state index in [0.29, 0.717) is 10.8 Å². The van der Waals surface area contributed by atoms with Crippen LogP contribution in [0.1, 0.15) is 37.7 Å². The minimum atomic E-state index is -0.462. The number of hydrogen-bond donors (Lipinski definition) is 0. The summed E-state index contributed by atoms with van der Waals surface area (Å²) in [6, 6.07) is 4.99. The number of ether oxygens (including phenoxy) is 1. The third-order valence-electron chi connectivity index (χ3n) is 4.83. The smallest absolute Gasteiger partial charge is 0.313 e. The van der Waals surface area contributed by atoms with Gasteiger partial charge in [0.2, 0.25) is 11.8 Å². The Hall–Kier alpha value is -1.88. The van der Waals surface area contributed by atoms with Crippen molar-refractivity contribution in [3.8, 4) is 5.75 Å². The molecule has 128 valence electrons. The van der Waals surface area contributed by atoms with Crippen LogP contribution in [-0.2, 0) is 14.4 Å². The van der Waals surface area contributed by atoms with Crippen LogP contribution in [0.3, 0.4) is 0 Å². The number of rotatable bonds is 4. The van der Waals surface area contributed by atoms with E-state index in [1.165, 1.54) is 4.90 Å². The van der Waals surface area contributed by atoms with Crippen molar-refractivity contribution in [1.82, 2.24) is 4.90 Å². The third-order valence-corrected chi connectivity index (χ3v) is 5.07. The summed E-state index contributed by atoms with van der Waals surface area (Å²) in [6.45, 7) is 1.89. The van der Waals surface area contributed by atoms with Gasteiger partial charge in [0.25, 0.3) is 0 Å². The average molecular weight is 350 g/mol. The first-order valence-electron chi connectivity index (χ1n) is 8.29. The van der Waals surface area contributed by atoms with Crippen LogP contribution in [0.25, 0.3) is 0 Å². The van der Waals surface area contributed by atoms with E-state index >= 15 is 0 Å². The lowest BCUT2D eigenvalue weighted by atomic mass is 9.81. The lowest BCUT2D eigenvalue weighted by Crippen LogP contribution is -2.33. The van der Waals surface area contributed by atoms with Gasteiger partial charge in [-0.1, -0.05) is 24.4 Å². The summed E-state index contributed by atoms with van der Waals surface area (Å²) in [4.78, 5) is 38.0. The lowest BCUT2D eigenvalue weighted by Gasteiger charge is -2.19. The second-order valence-corrected chi connectivity index (χ2v) is 6.90. The van der Waals surface area contributed by atoms with Crippen molar-refractivity contribution < 1.29 is 19.1 Å². The zero-order valence-corrected chi connectivity index (χ0v) is 14.3. The Kier molecular flexibility index (Phi) is 4.90. The van der Waals surface area contributed by atoms with Gasteiger partial charge in [0, 0.05) is 11.6 Å². The van der Waals surface area contributed by atoms with E-state index < -0.39 is 5.97 Å². The predicted molar refractivity (Wildman–Crippen MR) is 88.6 cm³/mol. The maximum absolute atomic E-state index is 12.4. The molecule has 0 N–H and O–H groups in total. The number of aryl methyl sites for hydroxylation is 1. The number of benzene rings is 1. The molecule has 0 spiro atoms. The number of nitrogens with zero attached hydrogens (tertiary/aromatic N) is 1. The highest BCUT2D eigenvalue weighted by molar-refractivity contribution is 6.30. The number of carbonyl (C=O) groups excluding carboxylic acids is 3. The van der Waals surface area contributed by atoms with Gasteiger partial charge in [-0.3, -0.25) is 19.3 Å². The van der Waals surface area contributed by atoms with Gasteiger partial charge in [0.1, 0.15) is 5.75 Å². The number of halogens is 1. The fraction of sp³-hybridized carbons (Fsp3) is 0.500. The summed E-state index contributed by atoms with van der Waals surface area (Å²) in [5.41, 5.74) is 0.759. The molecule has 2 amide bonds. The Labute approximate surface area is 145 Å². The fourth-order valence-corrected chi connectivity index (χ4v) is 3.78.